The number of nitriles is 1. The van der Waals surface area contributed by atoms with Crippen LogP contribution in [0, 0.1) is 29.1 Å². The van der Waals surface area contributed by atoms with Gasteiger partial charge in [0.1, 0.15) is 0 Å². The summed E-state index contributed by atoms with van der Waals surface area (Å²) in [5.41, 5.74) is 0. The highest BCUT2D eigenvalue weighted by atomic mass is 14.3. The van der Waals surface area contributed by atoms with Gasteiger partial charge in [-0.3, -0.25) is 0 Å². The highest BCUT2D eigenvalue weighted by Crippen LogP contribution is 2.35. The molecule has 0 aliphatic heterocycles. The third-order valence-corrected chi connectivity index (χ3v) is 5.05. The molecule has 96 valence electrons. The molecule has 2 fully saturated rings. The maximum Gasteiger partial charge on any atom is 0.0624 e. The van der Waals surface area contributed by atoms with Gasteiger partial charge in [0.15, 0.2) is 0 Å². The van der Waals surface area contributed by atoms with Crippen LogP contribution < -0.4 is 0 Å². The van der Waals surface area contributed by atoms with Gasteiger partial charge in [-0.05, 0) is 30.6 Å². The minimum absolute atomic E-state index is 0.728. The van der Waals surface area contributed by atoms with Crippen molar-refractivity contribution in [1.29, 1.82) is 5.26 Å². The molecular weight excluding hydrogens is 206 g/mol. The third-order valence-electron chi connectivity index (χ3n) is 5.05. The molecule has 1 heteroatoms. The molecular formula is C16H27N. The molecule has 1 nitrogen and oxygen atoms in total. The van der Waals surface area contributed by atoms with E-state index in [2.05, 4.69) is 6.07 Å². The Balaban J connectivity index is 1.59. The fourth-order valence-corrected chi connectivity index (χ4v) is 3.80. The normalized spacial score (nSPS) is 31.0. The van der Waals surface area contributed by atoms with Crippen molar-refractivity contribution in [1.82, 2.24) is 0 Å². The van der Waals surface area contributed by atoms with Crippen molar-refractivity contribution in [3.8, 4) is 6.07 Å². The van der Waals surface area contributed by atoms with Gasteiger partial charge in [0.25, 0.3) is 0 Å². The van der Waals surface area contributed by atoms with Crippen LogP contribution >= 0.6 is 0 Å². The quantitative estimate of drug-likeness (QED) is 0.665. The van der Waals surface area contributed by atoms with Crippen molar-refractivity contribution < 1.29 is 0 Å². The predicted molar refractivity (Wildman–Crippen MR) is 71.5 cm³/mol. The first-order valence-corrected chi connectivity index (χ1v) is 7.75. The standard InChI is InChI=1S/C16H27N/c17-13-12-16-10-8-15(9-11-16)7-6-14-4-2-1-3-5-14/h14-16H,1-12H2/t15-,16-. The van der Waals surface area contributed by atoms with Crippen LogP contribution in [0.15, 0.2) is 0 Å². The first-order valence-electron chi connectivity index (χ1n) is 7.75. The Labute approximate surface area is 107 Å². The summed E-state index contributed by atoms with van der Waals surface area (Å²) < 4.78 is 0. The lowest BCUT2D eigenvalue weighted by molar-refractivity contribution is 0.237. The van der Waals surface area contributed by atoms with Crippen molar-refractivity contribution in [2.75, 3.05) is 0 Å². The summed E-state index contributed by atoms with van der Waals surface area (Å²) in [6, 6.07) is 2.34. The summed E-state index contributed by atoms with van der Waals surface area (Å²) in [6.45, 7) is 0. The molecule has 0 heterocycles. The lowest BCUT2D eigenvalue weighted by Crippen LogP contribution is -2.16. The van der Waals surface area contributed by atoms with E-state index in [1.807, 2.05) is 0 Å². The molecule has 0 unspecified atom stereocenters. The summed E-state index contributed by atoms with van der Waals surface area (Å²) in [4.78, 5) is 0. The molecule has 0 aromatic heterocycles. The molecule has 0 bridgehead atoms. The first-order chi connectivity index (χ1) is 8.38. The maximum atomic E-state index is 8.71. The van der Waals surface area contributed by atoms with E-state index < -0.39 is 0 Å². The minimum atomic E-state index is 0.728. The van der Waals surface area contributed by atoms with E-state index >= 15 is 0 Å². The number of hydrogen-bond donors (Lipinski definition) is 0. The highest BCUT2D eigenvalue weighted by molar-refractivity contribution is 4.81. The predicted octanol–water partition coefficient (Wildman–Crippen LogP) is 5.07. The number of nitrogens with zero attached hydrogens (tertiary/aromatic N) is 1. The summed E-state index contributed by atoms with van der Waals surface area (Å²) in [5, 5.41) is 8.71. The van der Waals surface area contributed by atoms with Crippen LogP contribution in [-0.2, 0) is 0 Å². The van der Waals surface area contributed by atoms with Crippen molar-refractivity contribution in [2.45, 2.75) is 77.0 Å². The molecule has 2 rings (SSSR count). The Morgan fingerprint density at radius 3 is 1.82 bits per heavy atom. The average molecular weight is 233 g/mol. The zero-order chi connectivity index (χ0) is 11.9. The van der Waals surface area contributed by atoms with Gasteiger partial charge in [-0.1, -0.05) is 57.8 Å². The molecule has 0 radical (unpaired) electrons. The second kappa shape index (κ2) is 7.04. The van der Waals surface area contributed by atoms with Crippen molar-refractivity contribution in [2.24, 2.45) is 17.8 Å². The Morgan fingerprint density at radius 2 is 1.24 bits per heavy atom. The second-order valence-corrected chi connectivity index (χ2v) is 6.33. The van der Waals surface area contributed by atoms with Crippen LogP contribution in [0.2, 0.25) is 0 Å². The molecule has 0 atom stereocenters. The Bertz CT molecular complexity index is 239. The van der Waals surface area contributed by atoms with Crippen molar-refractivity contribution >= 4 is 0 Å². The molecule has 0 N–H and O–H groups in total. The Kier molecular flexibility index (Phi) is 5.36. The van der Waals surface area contributed by atoms with E-state index in [1.165, 1.54) is 70.6 Å². The minimum Gasteiger partial charge on any atom is -0.198 e. The van der Waals surface area contributed by atoms with Gasteiger partial charge in [-0.25, -0.2) is 0 Å². The monoisotopic (exact) mass is 233 g/mol. The van der Waals surface area contributed by atoms with E-state index in [-0.39, 0.29) is 0 Å². The lowest BCUT2D eigenvalue weighted by atomic mass is 9.76. The fraction of sp³-hybridized carbons (Fsp3) is 0.938. The van der Waals surface area contributed by atoms with E-state index in [1.54, 1.807) is 0 Å². The van der Waals surface area contributed by atoms with Crippen LogP contribution in [0.1, 0.15) is 77.0 Å². The molecule has 17 heavy (non-hydrogen) atoms. The molecule has 2 aliphatic rings. The van der Waals surface area contributed by atoms with Gasteiger partial charge in [0.05, 0.1) is 6.07 Å². The van der Waals surface area contributed by atoms with Crippen LogP contribution in [0.3, 0.4) is 0 Å². The SMILES string of the molecule is N#CC[C@H]1CC[C@H](CCC2CCCCC2)CC1. The molecule has 0 aromatic rings. The van der Waals surface area contributed by atoms with Crippen molar-refractivity contribution in [3.05, 3.63) is 0 Å². The van der Waals surface area contributed by atoms with E-state index in [4.69, 9.17) is 5.26 Å². The fourth-order valence-electron chi connectivity index (χ4n) is 3.80. The van der Waals surface area contributed by atoms with Crippen LogP contribution in [-0.4, -0.2) is 0 Å². The summed E-state index contributed by atoms with van der Waals surface area (Å²) in [5.74, 6) is 2.78. The summed E-state index contributed by atoms with van der Waals surface area (Å²) in [6.07, 6.45) is 16.7. The van der Waals surface area contributed by atoms with Gasteiger partial charge >= 0.3 is 0 Å². The van der Waals surface area contributed by atoms with E-state index in [9.17, 15) is 0 Å². The number of hydrogen-bond acceptors (Lipinski definition) is 1. The largest absolute Gasteiger partial charge is 0.198 e. The van der Waals surface area contributed by atoms with Gasteiger partial charge in [-0.15, -0.1) is 0 Å². The topological polar surface area (TPSA) is 23.8 Å². The molecule has 0 saturated heterocycles. The lowest BCUT2D eigenvalue weighted by Gasteiger charge is -2.29. The number of rotatable bonds is 4. The van der Waals surface area contributed by atoms with E-state index in [0.717, 1.165) is 24.2 Å². The zero-order valence-electron chi connectivity index (χ0n) is 11.2. The maximum absolute atomic E-state index is 8.71. The molecule has 0 spiro atoms. The van der Waals surface area contributed by atoms with Gasteiger partial charge < -0.3 is 0 Å². The Morgan fingerprint density at radius 1 is 0.706 bits per heavy atom. The first kappa shape index (κ1) is 12.9. The molecule has 2 saturated carbocycles. The van der Waals surface area contributed by atoms with Gasteiger partial charge in [0.2, 0.25) is 0 Å². The van der Waals surface area contributed by atoms with Crippen LogP contribution in [0.4, 0.5) is 0 Å². The zero-order valence-corrected chi connectivity index (χ0v) is 11.2. The highest BCUT2D eigenvalue weighted by Gasteiger charge is 2.22. The molecule has 0 amide bonds. The van der Waals surface area contributed by atoms with Crippen molar-refractivity contribution in [3.63, 3.8) is 0 Å². The van der Waals surface area contributed by atoms with Crippen LogP contribution in [0.25, 0.3) is 0 Å². The smallest absolute Gasteiger partial charge is 0.0624 e. The van der Waals surface area contributed by atoms with Gasteiger partial charge in [-0.2, -0.15) is 5.26 Å². The third kappa shape index (κ3) is 4.34. The Hall–Kier alpha value is -0.510. The van der Waals surface area contributed by atoms with E-state index in [0.29, 0.717) is 0 Å². The summed E-state index contributed by atoms with van der Waals surface area (Å²) >= 11 is 0. The van der Waals surface area contributed by atoms with Gasteiger partial charge in [0, 0.05) is 6.42 Å². The molecule has 2 aliphatic carbocycles. The average Bonchev–Trinajstić information content (AvgIpc) is 2.40. The molecule has 0 aromatic carbocycles. The second-order valence-electron chi connectivity index (χ2n) is 6.33. The summed E-state index contributed by atoms with van der Waals surface area (Å²) in [7, 11) is 0. The van der Waals surface area contributed by atoms with Crippen LogP contribution in [0.5, 0.6) is 0 Å².